The Hall–Kier alpha value is -2.32. The van der Waals surface area contributed by atoms with Gasteiger partial charge < -0.3 is 9.30 Å². The fourth-order valence-corrected chi connectivity index (χ4v) is 4.56. The van der Waals surface area contributed by atoms with Crippen LogP contribution in [0.1, 0.15) is 30.8 Å². The molecule has 1 aromatic carbocycles. The van der Waals surface area contributed by atoms with E-state index in [4.69, 9.17) is 4.74 Å². The molecule has 152 valence electrons. The molecule has 6 nitrogen and oxygen atoms in total. The van der Waals surface area contributed by atoms with Gasteiger partial charge in [-0.05, 0) is 75.4 Å². The second kappa shape index (κ2) is 8.59. The van der Waals surface area contributed by atoms with E-state index in [-0.39, 0.29) is 6.61 Å². The lowest BCUT2D eigenvalue weighted by molar-refractivity contribution is -0.150. The van der Waals surface area contributed by atoms with Crippen LogP contribution in [-0.4, -0.2) is 39.2 Å². The quantitative estimate of drug-likeness (QED) is 0.455. The summed E-state index contributed by atoms with van der Waals surface area (Å²) >= 11 is 4.33. The number of rotatable bonds is 5. The smallest absolute Gasteiger partial charge is 0.329 e. The lowest BCUT2D eigenvalue weighted by atomic mass is 10.2. The Morgan fingerprint density at radius 3 is 2.66 bits per heavy atom. The van der Waals surface area contributed by atoms with Crippen molar-refractivity contribution in [3.8, 4) is 5.69 Å². The zero-order valence-electron chi connectivity index (χ0n) is 16.6. The first-order valence-electron chi connectivity index (χ1n) is 9.13. The molecule has 0 aliphatic carbocycles. The van der Waals surface area contributed by atoms with E-state index in [9.17, 15) is 14.4 Å². The van der Waals surface area contributed by atoms with E-state index >= 15 is 0 Å². The Kier molecular flexibility index (Phi) is 6.33. The van der Waals surface area contributed by atoms with Crippen LogP contribution in [0.15, 0.2) is 39.7 Å². The molecule has 0 unspecified atom stereocenters. The summed E-state index contributed by atoms with van der Waals surface area (Å²) in [6, 6.07) is 8.95. The minimum Gasteiger partial charge on any atom is -0.464 e. The van der Waals surface area contributed by atoms with Gasteiger partial charge in [0.15, 0.2) is 0 Å². The van der Waals surface area contributed by atoms with Crippen molar-refractivity contribution in [1.82, 2.24) is 9.47 Å². The minimum absolute atomic E-state index is 0.191. The summed E-state index contributed by atoms with van der Waals surface area (Å²) in [5.74, 6) is -1.07. The average molecular weight is 477 g/mol. The first kappa shape index (κ1) is 21.4. The first-order valence-corrected chi connectivity index (χ1v) is 10.7. The van der Waals surface area contributed by atoms with Crippen LogP contribution in [0, 0.1) is 13.8 Å². The van der Waals surface area contributed by atoms with Crippen molar-refractivity contribution in [2.24, 2.45) is 0 Å². The predicted octanol–water partition coefficient (Wildman–Crippen LogP) is 4.84. The van der Waals surface area contributed by atoms with Gasteiger partial charge >= 0.3 is 5.97 Å². The summed E-state index contributed by atoms with van der Waals surface area (Å²) in [4.78, 5) is 38.4. The molecule has 8 heteroatoms. The maximum absolute atomic E-state index is 12.8. The molecule has 1 fully saturated rings. The van der Waals surface area contributed by atoms with E-state index in [0.29, 0.717) is 4.91 Å². The van der Waals surface area contributed by atoms with Gasteiger partial charge in [0.2, 0.25) is 0 Å². The molecule has 2 aromatic rings. The second-order valence-electron chi connectivity index (χ2n) is 6.62. The van der Waals surface area contributed by atoms with Crippen molar-refractivity contribution in [3.05, 3.63) is 56.7 Å². The summed E-state index contributed by atoms with van der Waals surface area (Å²) in [6.45, 7) is 7.32. The van der Waals surface area contributed by atoms with Crippen LogP contribution in [0.25, 0.3) is 11.8 Å². The molecule has 1 aliphatic heterocycles. The van der Waals surface area contributed by atoms with Gasteiger partial charge in [0.25, 0.3) is 11.1 Å². The molecule has 0 N–H and O–H groups in total. The van der Waals surface area contributed by atoms with E-state index < -0.39 is 23.2 Å². The van der Waals surface area contributed by atoms with Gasteiger partial charge in [-0.15, -0.1) is 0 Å². The third-order valence-electron chi connectivity index (χ3n) is 4.66. The fourth-order valence-electron chi connectivity index (χ4n) is 3.27. The van der Waals surface area contributed by atoms with Crippen LogP contribution in [0.4, 0.5) is 4.79 Å². The molecule has 1 aromatic heterocycles. The number of carbonyl (C=O) groups is 3. The van der Waals surface area contributed by atoms with Crippen molar-refractivity contribution in [2.45, 2.75) is 33.7 Å². The number of hydrogen-bond donors (Lipinski definition) is 0. The normalized spacial score (nSPS) is 16.6. The highest BCUT2D eigenvalue weighted by molar-refractivity contribution is 9.10. The number of halogens is 1. The van der Waals surface area contributed by atoms with Crippen molar-refractivity contribution in [1.29, 1.82) is 0 Å². The van der Waals surface area contributed by atoms with E-state index in [1.54, 1.807) is 13.0 Å². The van der Waals surface area contributed by atoms with Gasteiger partial charge in [-0.1, -0.05) is 22.0 Å². The third-order valence-corrected chi connectivity index (χ3v) is 6.04. The molecule has 1 aliphatic rings. The monoisotopic (exact) mass is 476 g/mol. The molecule has 29 heavy (non-hydrogen) atoms. The number of nitrogens with zero attached hydrogens (tertiary/aromatic N) is 2. The largest absolute Gasteiger partial charge is 0.464 e. The number of aromatic nitrogens is 1. The Morgan fingerprint density at radius 1 is 1.28 bits per heavy atom. The maximum atomic E-state index is 12.8. The number of benzene rings is 1. The summed E-state index contributed by atoms with van der Waals surface area (Å²) in [5.41, 5.74) is 3.80. The van der Waals surface area contributed by atoms with E-state index in [1.807, 2.05) is 44.2 Å². The summed E-state index contributed by atoms with van der Waals surface area (Å²) in [7, 11) is 0. The zero-order valence-corrected chi connectivity index (χ0v) is 19.0. The number of aryl methyl sites for hydroxylation is 1. The molecular formula is C21H21BrN2O4S. The summed E-state index contributed by atoms with van der Waals surface area (Å²) in [6.07, 6.45) is 1.71. The number of carbonyl (C=O) groups excluding carboxylic acids is 3. The van der Waals surface area contributed by atoms with E-state index in [2.05, 4.69) is 20.5 Å². The van der Waals surface area contributed by atoms with Gasteiger partial charge in [0.1, 0.15) is 6.04 Å². The van der Waals surface area contributed by atoms with E-state index in [1.165, 1.54) is 6.92 Å². The first-order chi connectivity index (χ1) is 13.7. The summed E-state index contributed by atoms with van der Waals surface area (Å²) < 4.78 is 8.00. The number of hydrogen-bond acceptors (Lipinski definition) is 5. The van der Waals surface area contributed by atoms with Crippen LogP contribution in [0.3, 0.4) is 0 Å². The number of thioether (sulfide) groups is 1. The van der Waals surface area contributed by atoms with Crippen LogP contribution >= 0.6 is 27.7 Å². The SMILES string of the molecule is CCOC(=O)[C@H](C)N1C(=O)S/C(=C/c2cc(C)n(-c3cccc(Br)c3)c2C)C1=O. The molecule has 2 heterocycles. The lowest BCUT2D eigenvalue weighted by Gasteiger charge is -2.19. The van der Waals surface area contributed by atoms with Crippen LogP contribution in [0.2, 0.25) is 0 Å². The molecule has 0 radical (unpaired) electrons. The molecule has 3 rings (SSSR count). The van der Waals surface area contributed by atoms with E-state index in [0.717, 1.165) is 43.8 Å². The second-order valence-corrected chi connectivity index (χ2v) is 8.53. The lowest BCUT2D eigenvalue weighted by Crippen LogP contribution is -2.42. The van der Waals surface area contributed by atoms with Gasteiger partial charge in [-0.25, -0.2) is 4.79 Å². The molecule has 0 saturated carbocycles. The van der Waals surface area contributed by atoms with Crippen molar-refractivity contribution >= 4 is 50.9 Å². The predicted molar refractivity (Wildman–Crippen MR) is 117 cm³/mol. The number of imide groups is 1. The standard InChI is InChI=1S/C21H21BrN2O4S/c1-5-28-20(26)14(4)24-19(25)18(29-21(24)27)10-15-9-12(2)23(13(15)3)17-8-6-7-16(22)11-17/h6-11,14H,5H2,1-4H3/b18-10+/t14-/m0/s1. The number of ether oxygens (including phenoxy) is 1. The topological polar surface area (TPSA) is 68.6 Å². The van der Waals surface area contributed by atoms with Gasteiger partial charge in [0.05, 0.1) is 11.5 Å². The van der Waals surface area contributed by atoms with Crippen molar-refractivity contribution in [3.63, 3.8) is 0 Å². The Labute approximate surface area is 182 Å². The van der Waals surface area contributed by atoms with Gasteiger partial charge in [0, 0.05) is 21.5 Å². The molecule has 1 atom stereocenters. The Balaban J connectivity index is 1.93. The molecule has 0 bridgehead atoms. The van der Waals surface area contributed by atoms with Crippen molar-refractivity contribution in [2.75, 3.05) is 6.61 Å². The molecule has 2 amide bonds. The van der Waals surface area contributed by atoms with Crippen LogP contribution in [0.5, 0.6) is 0 Å². The number of esters is 1. The number of amides is 2. The highest BCUT2D eigenvalue weighted by atomic mass is 79.9. The van der Waals surface area contributed by atoms with Crippen LogP contribution < -0.4 is 0 Å². The Morgan fingerprint density at radius 2 is 2.00 bits per heavy atom. The summed E-state index contributed by atoms with van der Waals surface area (Å²) in [5, 5.41) is -0.470. The highest BCUT2D eigenvalue weighted by Gasteiger charge is 2.41. The maximum Gasteiger partial charge on any atom is 0.329 e. The Bertz CT molecular complexity index is 1030. The average Bonchev–Trinajstić information content (AvgIpc) is 3.09. The van der Waals surface area contributed by atoms with Gasteiger partial charge in [-0.3, -0.25) is 14.5 Å². The van der Waals surface area contributed by atoms with Gasteiger partial charge in [-0.2, -0.15) is 0 Å². The molecule has 0 spiro atoms. The minimum atomic E-state index is -0.956. The third kappa shape index (κ3) is 4.18. The molecular weight excluding hydrogens is 456 g/mol. The highest BCUT2D eigenvalue weighted by Crippen LogP contribution is 2.35. The zero-order chi connectivity index (χ0) is 21.3. The fraction of sp³-hybridized carbons (Fsp3) is 0.286. The molecule has 1 saturated heterocycles. The van der Waals surface area contributed by atoms with Crippen molar-refractivity contribution < 1.29 is 19.1 Å². The van der Waals surface area contributed by atoms with Crippen LogP contribution in [-0.2, 0) is 14.3 Å².